The zero-order valence-electron chi connectivity index (χ0n) is 13.0. The first-order valence-corrected chi connectivity index (χ1v) is 7.81. The molecule has 21 heavy (non-hydrogen) atoms. The molecule has 0 aliphatic carbocycles. The molecular weight excluding hydrogens is 276 g/mol. The molecule has 0 atom stereocenters. The Balaban J connectivity index is 2.07. The highest BCUT2D eigenvalue weighted by Gasteiger charge is 2.29. The van der Waals surface area contributed by atoms with Gasteiger partial charge in [0.1, 0.15) is 4.99 Å². The number of aryl methyl sites for hydroxylation is 2. The first-order chi connectivity index (χ1) is 10.0. The first-order valence-electron chi connectivity index (χ1n) is 7.40. The SMILES string of the molecule is CCc1c(C)nc2c(c1C)C(=S)N(c1ccc(C)cc1)C2. The number of benzene rings is 1. The van der Waals surface area contributed by atoms with Crippen molar-refractivity contribution in [2.45, 2.75) is 40.7 Å². The van der Waals surface area contributed by atoms with E-state index in [-0.39, 0.29) is 0 Å². The van der Waals surface area contributed by atoms with Crippen molar-refractivity contribution in [3.05, 3.63) is 57.9 Å². The summed E-state index contributed by atoms with van der Waals surface area (Å²) in [6.45, 7) is 9.34. The van der Waals surface area contributed by atoms with Crippen LogP contribution in [0.15, 0.2) is 24.3 Å². The molecule has 1 aliphatic heterocycles. The molecule has 2 nitrogen and oxygen atoms in total. The maximum Gasteiger partial charge on any atom is 0.116 e. The molecule has 2 aromatic rings. The van der Waals surface area contributed by atoms with Crippen molar-refractivity contribution in [3.63, 3.8) is 0 Å². The van der Waals surface area contributed by atoms with Gasteiger partial charge in [-0.3, -0.25) is 4.98 Å². The molecule has 1 aromatic carbocycles. The van der Waals surface area contributed by atoms with E-state index in [0.717, 1.165) is 35.0 Å². The van der Waals surface area contributed by atoms with Gasteiger partial charge in [0.05, 0.1) is 12.2 Å². The average Bonchev–Trinajstić information content (AvgIpc) is 2.77. The van der Waals surface area contributed by atoms with E-state index in [1.807, 2.05) is 0 Å². The van der Waals surface area contributed by atoms with E-state index in [1.54, 1.807) is 0 Å². The van der Waals surface area contributed by atoms with Crippen LogP contribution in [-0.2, 0) is 13.0 Å². The molecule has 3 rings (SSSR count). The molecule has 2 heterocycles. The molecule has 108 valence electrons. The van der Waals surface area contributed by atoms with Gasteiger partial charge < -0.3 is 4.90 Å². The Bertz CT molecular complexity index is 717. The van der Waals surface area contributed by atoms with Crippen molar-refractivity contribution >= 4 is 22.9 Å². The van der Waals surface area contributed by atoms with Crippen LogP contribution in [0.5, 0.6) is 0 Å². The molecule has 0 radical (unpaired) electrons. The van der Waals surface area contributed by atoms with E-state index in [1.165, 1.54) is 22.3 Å². The number of thiocarbonyl (C=S) groups is 1. The number of hydrogen-bond donors (Lipinski definition) is 0. The molecule has 0 fully saturated rings. The van der Waals surface area contributed by atoms with Crippen LogP contribution < -0.4 is 4.90 Å². The van der Waals surface area contributed by atoms with Gasteiger partial charge in [-0.15, -0.1) is 0 Å². The highest BCUT2D eigenvalue weighted by Crippen LogP contribution is 2.32. The molecule has 1 aliphatic rings. The molecule has 1 aromatic heterocycles. The zero-order chi connectivity index (χ0) is 15.1. The monoisotopic (exact) mass is 296 g/mol. The number of pyridine rings is 1. The van der Waals surface area contributed by atoms with E-state index in [2.05, 4.69) is 56.9 Å². The fraction of sp³-hybridized carbons (Fsp3) is 0.333. The largest absolute Gasteiger partial charge is 0.326 e. The van der Waals surface area contributed by atoms with Gasteiger partial charge in [-0.25, -0.2) is 0 Å². The van der Waals surface area contributed by atoms with Crippen molar-refractivity contribution < 1.29 is 0 Å². The van der Waals surface area contributed by atoms with Crippen LogP contribution in [0.2, 0.25) is 0 Å². The maximum absolute atomic E-state index is 5.73. The summed E-state index contributed by atoms with van der Waals surface area (Å²) in [5.74, 6) is 0. The van der Waals surface area contributed by atoms with Gasteiger partial charge in [-0.1, -0.05) is 36.8 Å². The van der Waals surface area contributed by atoms with Gasteiger partial charge in [0.2, 0.25) is 0 Å². The predicted octanol–water partition coefficient (Wildman–Crippen LogP) is 4.26. The van der Waals surface area contributed by atoms with Gasteiger partial charge in [0, 0.05) is 16.9 Å². The number of nitrogens with zero attached hydrogens (tertiary/aromatic N) is 2. The van der Waals surface area contributed by atoms with Gasteiger partial charge in [-0.05, 0) is 50.5 Å². The minimum atomic E-state index is 0.781. The van der Waals surface area contributed by atoms with Crippen molar-refractivity contribution in [1.29, 1.82) is 0 Å². The minimum absolute atomic E-state index is 0.781. The molecule has 0 saturated heterocycles. The van der Waals surface area contributed by atoms with Crippen LogP contribution in [0.25, 0.3) is 0 Å². The number of rotatable bonds is 2. The molecule has 0 N–H and O–H groups in total. The number of hydrogen-bond acceptors (Lipinski definition) is 2. The fourth-order valence-corrected chi connectivity index (χ4v) is 3.61. The molecular formula is C18H20N2S. The zero-order valence-corrected chi connectivity index (χ0v) is 13.8. The van der Waals surface area contributed by atoms with Crippen LogP contribution in [0.3, 0.4) is 0 Å². The van der Waals surface area contributed by atoms with Crippen LogP contribution in [0, 0.1) is 20.8 Å². The summed E-state index contributed by atoms with van der Waals surface area (Å²) in [7, 11) is 0. The third-order valence-corrected chi connectivity index (χ3v) is 4.75. The molecule has 0 unspecified atom stereocenters. The van der Waals surface area contributed by atoms with E-state index in [0.29, 0.717) is 0 Å². The second-order valence-corrected chi connectivity index (χ2v) is 6.09. The third kappa shape index (κ3) is 2.26. The Morgan fingerprint density at radius 2 is 1.81 bits per heavy atom. The smallest absolute Gasteiger partial charge is 0.116 e. The standard InChI is InChI=1S/C18H20N2S/c1-5-15-12(3)17-16(19-13(15)4)10-20(18(17)21)14-8-6-11(2)7-9-14/h6-9H,5,10H2,1-4H3. The average molecular weight is 296 g/mol. The summed E-state index contributed by atoms with van der Waals surface area (Å²) in [4.78, 5) is 7.90. The van der Waals surface area contributed by atoms with Gasteiger partial charge in [-0.2, -0.15) is 0 Å². The van der Waals surface area contributed by atoms with Crippen molar-refractivity contribution in [3.8, 4) is 0 Å². The van der Waals surface area contributed by atoms with Crippen molar-refractivity contribution in [2.24, 2.45) is 0 Å². The normalized spacial score (nSPS) is 13.7. The molecule has 3 heteroatoms. The fourth-order valence-electron chi connectivity index (χ4n) is 3.17. The summed E-state index contributed by atoms with van der Waals surface area (Å²) in [5.41, 5.74) is 8.49. The second-order valence-electron chi connectivity index (χ2n) is 5.70. The van der Waals surface area contributed by atoms with Crippen LogP contribution in [0.4, 0.5) is 5.69 Å². The lowest BCUT2D eigenvalue weighted by molar-refractivity contribution is 0.944. The van der Waals surface area contributed by atoms with E-state index in [9.17, 15) is 0 Å². The van der Waals surface area contributed by atoms with Crippen molar-refractivity contribution in [2.75, 3.05) is 4.90 Å². The topological polar surface area (TPSA) is 16.1 Å². The molecule has 0 bridgehead atoms. The van der Waals surface area contributed by atoms with Gasteiger partial charge >= 0.3 is 0 Å². The Kier molecular flexibility index (Phi) is 3.54. The molecule has 0 saturated carbocycles. The van der Waals surface area contributed by atoms with Crippen LogP contribution in [-0.4, -0.2) is 9.97 Å². The summed E-state index contributed by atoms with van der Waals surface area (Å²) in [6, 6.07) is 8.53. The van der Waals surface area contributed by atoms with Gasteiger partial charge in [0.25, 0.3) is 0 Å². The predicted molar refractivity (Wildman–Crippen MR) is 92.2 cm³/mol. The maximum atomic E-state index is 5.73. The van der Waals surface area contributed by atoms with Crippen LogP contribution in [0.1, 0.15) is 40.6 Å². The quantitative estimate of drug-likeness (QED) is 0.770. The number of anilines is 1. The lowest BCUT2D eigenvalue weighted by Crippen LogP contribution is -2.22. The van der Waals surface area contributed by atoms with E-state index < -0.39 is 0 Å². The van der Waals surface area contributed by atoms with E-state index in [4.69, 9.17) is 17.2 Å². The van der Waals surface area contributed by atoms with E-state index >= 15 is 0 Å². The van der Waals surface area contributed by atoms with Crippen LogP contribution >= 0.6 is 12.2 Å². The Labute approximate surface area is 131 Å². The Morgan fingerprint density at radius 3 is 2.43 bits per heavy atom. The van der Waals surface area contributed by atoms with Crippen molar-refractivity contribution in [1.82, 2.24) is 4.98 Å². The minimum Gasteiger partial charge on any atom is -0.326 e. The highest BCUT2D eigenvalue weighted by atomic mass is 32.1. The van der Waals surface area contributed by atoms with Gasteiger partial charge in [0.15, 0.2) is 0 Å². The number of aromatic nitrogens is 1. The first kappa shape index (κ1) is 14.2. The Morgan fingerprint density at radius 1 is 1.14 bits per heavy atom. The summed E-state index contributed by atoms with van der Waals surface area (Å²) < 4.78 is 0. The summed E-state index contributed by atoms with van der Waals surface area (Å²) in [5, 5.41) is 0. The summed E-state index contributed by atoms with van der Waals surface area (Å²) >= 11 is 5.73. The molecule has 0 amide bonds. The molecule has 0 spiro atoms. The lowest BCUT2D eigenvalue weighted by atomic mass is 9.99. The highest BCUT2D eigenvalue weighted by molar-refractivity contribution is 7.81. The Hall–Kier alpha value is -1.74. The third-order valence-electron chi connectivity index (χ3n) is 4.32. The second kappa shape index (κ2) is 5.23. The summed E-state index contributed by atoms with van der Waals surface area (Å²) in [6.07, 6.45) is 1.01. The lowest BCUT2D eigenvalue weighted by Gasteiger charge is -2.18. The number of fused-ring (bicyclic) bond motifs is 1.